The van der Waals surface area contributed by atoms with Gasteiger partial charge in [-0.05, 0) is 37.6 Å². The fourth-order valence-electron chi connectivity index (χ4n) is 1.81. The molecule has 0 saturated carbocycles. The van der Waals surface area contributed by atoms with Gasteiger partial charge >= 0.3 is 0 Å². The number of rotatable bonds is 2. The number of hydrogen-bond donors (Lipinski definition) is 0. The smallest absolute Gasteiger partial charge is 0.0732 e. The molecule has 80 valence electrons. The summed E-state index contributed by atoms with van der Waals surface area (Å²) in [5, 5.41) is 1.15. The summed E-state index contributed by atoms with van der Waals surface area (Å²) in [5.41, 5.74) is 5.20. The van der Waals surface area contributed by atoms with Gasteiger partial charge in [0.15, 0.2) is 0 Å². The van der Waals surface area contributed by atoms with Crippen molar-refractivity contribution in [2.24, 2.45) is 0 Å². The number of fused-ring (bicyclic) bond motifs is 1. The van der Waals surface area contributed by atoms with E-state index in [1.165, 1.54) is 5.56 Å². The van der Waals surface area contributed by atoms with Crippen molar-refractivity contribution in [3.8, 4) is 0 Å². The SMILES string of the molecule is C=Cc1cc2cc(C)ccc2nc1C(=C)C. The van der Waals surface area contributed by atoms with Crippen LogP contribution < -0.4 is 0 Å². The maximum absolute atomic E-state index is 4.62. The summed E-state index contributed by atoms with van der Waals surface area (Å²) >= 11 is 0. The molecule has 1 heteroatoms. The third-order valence-corrected chi connectivity index (χ3v) is 2.62. The molecule has 0 atom stereocenters. The molecular weight excluding hydrogens is 194 g/mol. The van der Waals surface area contributed by atoms with Crippen LogP contribution in [-0.4, -0.2) is 4.98 Å². The second-order valence-electron chi connectivity index (χ2n) is 4.11. The lowest BCUT2D eigenvalue weighted by atomic mass is 10.0. The summed E-state index contributed by atoms with van der Waals surface area (Å²) < 4.78 is 0. The maximum Gasteiger partial charge on any atom is 0.0732 e. The summed E-state index contributed by atoms with van der Waals surface area (Å²) in [5.74, 6) is 0. The third kappa shape index (κ3) is 1.76. The van der Waals surface area contributed by atoms with Crippen molar-refractivity contribution in [1.29, 1.82) is 0 Å². The first-order valence-electron chi connectivity index (χ1n) is 5.31. The number of aryl methyl sites for hydroxylation is 1. The molecule has 0 aliphatic rings. The second-order valence-corrected chi connectivity index (χ2v) is 4.11. The van der Waals surface area contributed by atoms with E-state index in [4.69, 9.17) is 0 Å². The van der Waals surface area contributed by atoms with Crippen molar-refractivity contribution in [3.63, 3.8) is 0 Å². The number of allylic oxidation sites excluding steroid dienone is 1. The van der Waals surface area contributed by atoms with Crippen LogP contribution in [0.4, 0.5) is 0 Å². The molecule has 0 fully saturated rings. The van der Waals surface area contributed by atoms with Gasteiger partial charge in [-0.15, -0.1) is 0 Å². The minimum Gasteiger partial charge on any atom is -0.248 e. The summed E-state index contributed by atoms with van der Waals surface area (Å²) in [7, 11) is 0. The van der Waals surface area contributed by atoms with Gasteiger partial charge < -0.3 is 0 Å². The van der Waals surface area contributed by atoms with Crippen molar-refractivity contribution in [2.45, 2.75) is 13.8 Å². The monoisotopic (exact) mass is 209 g/mol. The van der Waals surface area contributed by atoms with Gasteiger partial charge in [0.25, 0.3) is 0 Å². The largest absolute Gasteiger partial charge is 0.248 e. The van der Waals surface area contributed by atoms with Gasteiger partial charge in [-0.3, -0.25) is 0 Å². The number of benzene rings is 1. The Hall–Kier alpha value is -1.89. The number of pyridine rings is 1. The molecule has 0 unspecified atom stereocenters. The molecule has 0 aliphatic carbocycles. The van der Waals surface area contributed by atoms with Crippen molar-refractivity contribution in [2.75, 3.05) is 0 Å². The van der Waals surface area contributed by atoms with Crippen molar-refractivity contribution in [1.82, 2.24) is 4.98 Å². The van der Waals surface area contributed by atoms with Crippen LogP contribution >= 0.6 is 0 Å². The Morgan fingerprint density at radius 1 is 1.31 bits per heavy atom. The van der Waals surface area contributed by atoms with E-state index in [9.17, 15) is 0 Å². The normalized spacial score (nSPS) is 10.4. The van der Waals surface area contributed by atoms with E-state index in [-0.39, 0.29) is 0 Å². The van der Waals surface area contributed by atoms with E-state index in [1.54, 1.807) is 0 Å². The Morgan fingerprint density at radius 3 is 2.69 bits per heavy atom. The first kappa shape index (κ1) is 10.6. The Balaban J connectivity index is 2.80. The molecule has 0 aliphatic heterocycles. The zero-order chi connectivity index (χ0) is 11.7. The standard InChI is InChI=1S/C15H15N/c1-5-12-9-13-8-11(4)6-7-14(13)16-15(12)10(2)3/h5-9H,1-2H2,3-4H3. The van der Waals surface area contributed by atoms with Crippen LogP contribution in [0, 0.1) is 6.92 Å². The van der Waals surface area contributed by atoms with E-state index in [0.29, 0.717) is 0 Å². The van der Waals surface area contributed by atoms with Gasteiger partial charge in [0.1, 0.15) is 0 Å². The lowest BCUT2D eigenvalue weighted by Gasteiger charge is -2.07. The minimum absolute atomic E-state index is 0.936. The molecule has 0 bridgehead atoms. The second kappa shape index (κ2) is 3.93. The van der Waals surface area contributed by atoms with Crippen LogP contribution in [0.2, 0.25) is 0 Å². The van der Waals surface area contributed by atoms with Gasteiger partial charge in [-0.2, -0.15) is 0 Å². The average Bonchev–Trinajstić information content (AvgIpc) is 2.26. The fraction of sp³-hybridized carbons (Fsp3) is 0.133. The number of nitrogens with zero attached hydrogens (tertiary/aromatic N) is 1. The van der Waals surface area contributed by atoms with Crippen molar-refractivity contribution >= 4 is 22.6 Å². The molecule has 0 radical (unpaired) electrons. The van der Waals surface area contributed by atoms with E-state index >= 15 is 0 Å². The molecule has 2 rings (SSSR count). The van der Waals surface area contributed by atoms with Crippen molar-refractivity contribution in [3.05, 3.63) is 54.2 Å². The first-order chi connectivity index (χ1) is 7.61. The van der Waals surface area contributed by atoms with Gasteiger partial charge in [0, 0.05) is 10.9 Å². The third-order valence-electron chi connectivity index (χ3n) is 2.62. The van der Waals surface area contributed by atoms with Crippen LogP contribution in [0.3, 0.4) is 0 Å². The van der Waals surface area contributed by atoms with Crippen molar-refractivity contribution < 1.29 is 0 Å². The van der Waals surface area contributed by atoms with Crippen LogP contribution in [0.1, 0.15) is 23.7 Å². The quantitative estimate of drug-likeness (QED) is 0.721. The highest BCUT2D eigenvalue weighted by molar-refractivity contribution is 5.85. The molecule has 0 N–H and O–H groups in total. The molecule has 2 aromatic rings. The van der Waals surface area contributed by atoms with E-state index in [1.807, 2.05) is 19.1 Å². The molecule has 1 aromatic carbocycles. The number of aromatic nitrogens is 1. The Morgan fingerprint density at radius 2 is 2.06 bits per heavy atom. The highest BCUT2D eigenvalue weighted by Gasteiger charge is 2.05. The highest BCUT2D eigenvalue weighted by atomic mass is 14.7. The predicted octanol–water partition coefficient (Wildman–Crippen LogP) is 4.22. The summed E-state index contributed by atoms with van der Waals surface area (Å²) in [6.45, 7) is 11.8. The van der Waals surface area contributed by atoms with E-state index < -0.39 is 0 Å². The number of hydrogen-bond acceptors (Lipinski definition) is 1. The van der Waals surface area contributed by atoms with Crippen LogP contribution in [-0.2, 0) is 0 Å². The summed E-state index contributed by atoms with van der Waals surface area (Å²) in [6, 6.07) is 8.37. The van der Waals surface area contributed by atoms with Crippen LogP contribution in [0.15, 0.2) is 37.4 Å². The molecule has 0 saturated heterocycles. The van der Waals surface area contributed by atoms with Gasteiger partial charge in [-0.25, -0.2) is 4.98 Å². The zero-order valence-electron chi connectivity index (χ0n) is 9.75. The maximum atomic E-state index is 4.62. The molecule has 0 amide bonds. The molecule has 1 nitrogen and oxygen atoms in total. The minimum atomic E-state index is 0.936. The van der Waals surface area contributed by atoms with Gasteiger partial charge in [0.2, 0.25) is 0 Å². The lowest BCUT2D eigenvalue weighted by Crippen LogP contribution is -1.92. The summed E-state index contributed by atoms with van der Waals surface area (Å²) in [4.78, 5) is 4.62. The van der Waals surface area contributed by atoms with Crippen LogP contribution in [0.25, 0.3) is 22.6 Å². The zero-order valence-corrected chi connectivity index (χ0v) is 9.75. The van der Waals surface area contributed by atoms with E-state index in [0.717, 1.165) is 27.7 Å². The average molecular weight is 209 g/mol. The van der Waals surface area contributed by atoms with Crippen LogP contribution in [0.5, 0.6) is 0 Å². The molecule has 1 aromatic heterocycles. The Labute approximate surface area is 96.1 Å². The highest BCUT2D eigenvalue weighted by Crippen LogP contribution is 2.22. The van der Waals surface area contributed by atoms with Gasteiger partial charge in [-0.1, -0.05) is 30.9 Å². The lowest BCUT2D eigenvalue weighted by molar-refractivity contribution is 1.32. The Kier molecular flexibility index (Phi) is 2.61. The van der Waals surface area contributed by atoms with E-state index in [2.05, 4.69) is 43.3 Å². The molecule has 0 spiro atoms. The Bertz CT molecular complexity index is 579. The topological polar surface area (TPSA) is 12.9 Å². The molecular formula is C15H15N. The summed E-state index contributed by atoms with van der Waals surface area (Å²) in [6.07, 6.45) is 1.83. The fourth-order valence-corrected chi connectivity index (χ4v) is 1.81. The first-order valence-corrected chi connectivity index (χ1v) is 5.31. The predicted molar refractivity (Wildman–Crippen MR) is 71.3 cm³/mol. The molecule has 16 heavy (non-hydrogen) atoms. The molecule has 1 heterocycles. The van der Waals surface area contributed by atoms with Gasteiger partial charge in [0.05, 0.1) is 11.2 Å².